The monoisotopic (exact) mass is 235 g/mol. The number of nitrogens with two attached hydrogens (primary N) is 1. The maximum Gasteiger partial charge on any atom is 0.173 e. The Morgan fingerprint density at radius 1 is 1.71 bits per heavy atom. The van der Waals surface area contributed by atoms with Crippen molar-refractivity contribution >= 4 is 11.7 Å². The van der Waals surface area contributed by atoms with Crippen LogP contribution in [-0.2, 0) is 0 Å². The van der Waals surface area contributed by atoms with Crippen LogP contribution in [-0.4, -0.2) is 33.8 Å². The van der Waals surface area contributed by atoms with Gasteiger partial charge in [0, 0.05) is 12.6 Å². The molecule has 92 valence electrons. The number of aromatic nitrogens is 2. The molecule has 1 unspecified atom stereocenters. The molecular formula is C11H17N5O. The smallest absolute Gasteiger partial charge is 0.173 e. The normalized spacial score (nSPS) is 20.9. The van der Waals surface area contributed by atoms with Gasteiger partial charge in [-0.05, 0) is 25.3 Å². The minimum atomic E-state index is 0.0802. The van der Waals surface area contributed by atoms with Crippen molar-refractivity contribution in [3.8, 4) is 0 Å². The highest BCUT2D eigenvalue weighted by Gasteiger charge is 2.27. The highest BCUT2D eigenvalue weighted by atomic mass is 16.4. The van der Waals surface area contributed by atoms with Crippen LogP contribution >= 0.6 is 0 Å². The molecule has 0 spiro atoms. The maximum atomic E-state index is 8.77. The van der Waals surface area contributed by atoms with Crippen LogP contribution in [0.25, 0.3) is 0 Å². The Kier molecular flexibility index (Phi) is 3.41. The molecule has 0 aromatic carbocycles. The van der Waals surface area contributed by atoms with Crippen LogP contribution in [0.4, 0.5) is 5.82 Å². The Balaban J connectivity index is 2.38. The summed E-state index contributed by atoms with van der Waals surface area (Å²) in [4.78, 5) is 2.19. The number of oxime groups is 1. The molecule has 1 aliphatic rings. The molecule has 1 aromatic heterocycles. The second kappa shape index (κ2) is 4.99. The summed E-state index contributed by atoms with van der Waals surface area (Å²) < 4.78 is 0. The van der Waals surface area contributed by atoms with E-state index >= 15 is 0 Å². The Hall–Kier alpha value is -1.85. The molecule has 1 fully saturated rings. The molecule has 1 saturated heterocycles. The van der Waals surface area contributed by atoms with Gasteiger partial charge >= 0.3 is 0 Å². The van der Waals surface area contributed by atoms with Gasteiger partial charge in [-0.25, -0.2) is 0 Å². The molecule has 2 heterocycles. The third-order valence-corrected chi connectivity index (χ3v) is 3.21. The molecule has 1 aliphatic heterocycles. The quantitative estimate of drug-likeness (QED) is 0.352. The lowest BCUT2D eigenvalue weighted by Gasteiger charge is -2.25. The fourth-order valence-electron chi connectivity index (χ4n) is 2.33. The van der Waals surface area contributed by atoms with E-state index < -0.39 is 0 Å². The van der Waals surface area contributed by atoms with Gasteiger partial charge in [-0.15, -0.1) is 5.10 Å². The van der Waals surface area contributed by atoms with Crippen molar-refractivity contribution in [3.05, 3.63) is 17.8 Å². The molecule has 1 aromatic rings. The Labute approximate surface area is 100 Å². The number of hydrogen-bond acceptors (Lipinski definition) is 5. The molecule has 17 heavy (non-hydrogen) atoms. The summed E-state index contributed by atoms with van der Waals surface area (Å²) in [5.74, 6) is 0.795. The topological polar surface area (TPSA) is 87.6 Å². The second-order valence-electron chi connectivity index (χ2n) is 4.15. The lowest BCUT2D eigenvalue weighted by molar-refractivity contribution is 0.318. The number of nitrogens with zero attached hydrogens (tertiary/aromatic N) is 4. The summed E-state index contributed by atoms with van der Waals surface area (Å²) in [6, 6.07) is 2.19. The standard InChI is InChI=1S/C11H17N5O/c1-2-8-4-3-7-16(8)11-9(10(12)15-17)5-6-13-14-11/h5-6,8,17H,2-4,7H2,1H3,(H2,12,15). The lowest BCUT2D eigenvalue weighted by Crippen LogP contribution is -2.32. The first-order valence-electron chi connectivity index (χ1n) is 5.84. The van der Waals surface area contributed by atoms with E-state index in [2.05, 4.69) is 27.2 Å². The molecule has 0 radical (unpaired) electrons. The zero-order valence-electron chi connectivity index (χ0n) is 9.87. The highest BCUT2D eigenvalue weighted by molar-refractivity contribution is 6.01. The summed E-state index contributed by atoms with van der Waals surface area (Å²) in [6.45, 7) is 3.10. The Morgan fingerprint density at radius 2 is 2.53 bits per heavy atom. The Morgan fingerprint density at radius 3 is 3.24 bits per heavy atom. The van der Waals surface area contributed by atoms with Crippen molar-refractivity contribution in [2.45, 2.75) is 32.2 Å². The molecule has 0 aliphatic carbocycles. The summed E-state index contributed by atoms with van der Waals surface area (Å²) in [7, 11) is 0. The van der Waals surface area contributed by atoms with Gasteiger partial charge in [0.25, 0.3) is 0 Å². The van der Waals surface area contributed by atoms with E-state index in [-0.39, 0.29) is 5.84 Å². The van der Waals surface area contributed by atoms with Crippen molar-refractivity contribution < 1.29 is 5.21 Å². The molecule has 1 atom stereocenters. The minimum Gasteiger partial charge on any atom is -0.409 e. The average Bonchev–Trinajstić information content (AvgIpc) is 2.86. The lowest BCUT2D eigenvalue weighted by atomic mass is 10.1. The van der Waals surface area contributed by atoms with E-state index in [1.807, 2.05) is 0 Å². The van der Waals surface area contributed by atoms with Crippen molar-refractivity contribution in [2.75, 3.05) is 11.4 Å². The number of anilines is 1. The predicted molar refractivity (Wildman–Crippen MR) is 65.2 cm³/mol. The summed E-state index contributed by atoms with van der Waals surface area (Å²) in [5, 5.41) is 19.8. The molecule has 0 amide bonds. The number of rotatable bonds is 3. The van der Waals surface area contributed by atoms with Gasteiger partial charge in [-0.2, -0.15) is 5.10 Å². The first-order valence-corrected chi connectivity index (χ1v) is 5.84. The average molecular weight is 235 g/mol. The molecule has 0 bridgehead atoms. The van der Waals surface area contributed by atoms with Crippen LogP contribution in [0.5, 0.6) is 0 Å². The van der Waals surface area contributed by atoms with E-state index in [9.17, 15) is 0 Å². The van der Waals surface area contributed by atoms with Gasteiger partial charge in [0.15, 0.2) is 11.7 Å². The minimum absolute atomic E-state index is 0.0802. The largest absolute Gasteiger partial charge is 0.409 e. The Bertz CT molecular complexity index is 420. The fourth-order valence-corrected chi connectivity index (χ4v) is 2.33. The summed E-state index contributed by atoms with van der Waals surface area (Å²) in [5.41, 5.74) is 6.30. The first kappa shape index (κ1) is 11.6. The van der Waals surface area contributed by atoms with Crippen LogP contribution in [0.15, 0.2) is 17.4 Å². The van der Waals surface area contributed by atoms with Crippen LogP contribution in [0.1, 0.15) is 31.7 Å². The van der Waals surface area contributed by atoms with Crippen molar-refractivity contribution in [1.82, 2.24) is 10.2 Å². The molecule has 6 nitrogen and oxygen atoms in total. The van der Waals surface area contributed by atoms with Crippen LogP contribution in [0.2, 0.25) is 0 Å². The zero-order valence-corrected chi connectivity index (χ0v) is 9.87. The third-order valence-electron chi connectivity index (χ3n) is 3.21. The third kappa shape index (κ3) is 2.15. The molecule has 2 rings (SSSR count). The van der Waals surface area contributed by atoms with Gasteiger partial charge < -0.3 is 15.8 Å². The summed E-state index contributed by atoms with van der Waals surface area (Å²) >= 11 is 0. The SMILES string of the molecule is CCC1CCCN1c1nnccc1/C(N)=N/O. The van der Waals surface area contributed by atoms with Gasteiger partial charge in [-0.1, -0.05) is 12.1 Å². The van der Waals surface area contributed by atoms with Crippen LogP contribution in [0, 0.1) is 0 Å². The van der Waals surface area contributed by atoms with Crippen LogP contribution in [0.3, 0.4) is 0 Å². The summed E-state index contributed by atoms with van der Waals surface area (Å²) in [6.07, 6.45) is 4.91. The second-order valence-corrected chi connectivity index (χ2v) is 4.15. The molecule has 6 heteroatoms. The first-order chi connectivity index (χ1) is 8.27. The number of hydrogen-bond donors (Lipinski definition) is 2. The van der Waals surface area contributed by atoms with Crippen molar-refractivity contribution in [1.29, 1.82) is 0 Å². The predicted octanol–water partition coefficient (Wildman–Crippen LogP) is 0.950. The van der Waals surface area contributed by atoms with Gasteiger partial charge in [0.2, 0.25) is 0 Å². The fraction of sp³-hybridized carbons (Fsp3) is 0.545. The molecule has 0 saturated carbocycles. The van der Waals surface area contributed by atoms with E-state index in [0.29, 0.717) is 17.4 Å². The van der Waals surface area contributed by atoms with Gasteiger partial charge in [0.05, 0.1) is 11.8 Å². The molecular weight excluding hydrogens is 218 g/mol. The van der Waals surface area contributed by atoms with E-state index in [1.165, 1.54) is 0 Å². The highest BCUT2D eigenvalue weighted by Crippen LogP contribution is 2.27. The van der Waals surface area contributed by atoms with E-state index in [4.69, 9.17) is 10.9 Å². The van der Waals surface area contributed by atoms with Crippen LogP contribution < -0.4 is 10.6 Å². The zero-order chi connectivity index (χ0) is 12.3. The van der Waals surface area contributed by atoms with Crippen molar-refractivity contribution in [3.63, 3.8) is 0 Å². The van der Waals surface area contributed by atoms with E-state index in [1.54, 1.807) is 12.3 Å². The van der Waals surface area contributed by atoms with Crippen molar-refractivity contribution in [2.24, 2.45) is 10.9 Å². The molecule has 3 N–H and O–H groups in total. The van der Waals surface area contributed by atoms with Gasteiger partial charge in [-0.3, -0.25) is 0 Å². The number of amidine groups is 1. The maximum absolute atomic E-state index is 8.77. The van der Waals surface area contributed by atoms with E-state index in [0.717, 1.165) is 25.8 Å². The van der Waals surface area contributed by atoms with Gasteiger partial charge in [0.1, 0.15) is 0 Å².